The van der Waals surface area contributed by atoms with Crippen molar-refractivity contribution < 1.29 is 14.4 Å². The number of anilines is 1. The highest BCUT2D eigenvalue weighted by Crippen LogP contribution is 2.38. The number of hydrogen-bond donors (Lipinski definition) is 1. The quantitative estimate of drug-likeness (QED) is 0.503. The van der Waals surface area contributed by atoms with Gasteiger partial charge in [-0.05, 0) is 42.5 Å². The average molecular weight is 462 g/mol. The van der Waals surface area contributed by atoms with Crippen LogP contribution in [0.1, 0.15) is 27.5 Å². The Bertz CT molecular complexity index is 1100. The lowest BCUT2D eigenvalue weighted by molar-refractivity contribution is -0.122. The van der Waals surface area contributed by atoms with Crippen LogP contribution in [0.3, 0.4) is 0 Å². The zero-order valence-corrected chi connectivity index (χ0v) is 17.7. The van der Waals surface area contributed by atoms with Gasteiger partial charge in [0, 0.05) is 31.9 Å². The van der Waals surface area contributed by atoms with Gasteiger partial charge in [-0.2, -0.15) is 0 Å². The molecule has 152 valence electrons. The molecule has 0 aliphatic carbocycles. The first kappa shape index (κ1) is 20.7. The largest absolute Gasteiger partial charge is 0.366 e. The molecule has 8 heteroatoms. The van der Waals surface area contributed by atoms with Crippen LogP contribution in [0, 0.1) is 0 Å². The first-order valence-corrected chi connectivity index (χ1v) is 10.1. The minimum atomic E-state index is -0.848. The molecule has 5 nitrogen and oxygen atoms in total. The van der Waals surface area contributed by atoms with Crippen molar-refractivity contribution in [3.8, 4) is 0 Å². The fraction of sp³-hybridized carbons (Fsp3) is 0.0909. The van der Waals surface area contributed by atoms with Crippen molar-refractivity contribution in [3.05, 3.63) is 98.5 Å². The van der Waals surface area contributed by atoms with E-state index in [4.69, 9.17) is 39.6 Å². The summed E-state index contributed by atoms with van der Waals surface area (Å²) in [5.41, 5.74) is 4.94. The van der Waals surface area contributed by atoms with E-state index >= 15 is 0 Å². The Kier molecular flexibility index (Phi) is 5.97. The van der Waals surface area contributed by atoms with Gasteiger partial charge in [-0.3, -0.25) is 4.79 Å². The minimum Gasteiger partial charge on any atom is -0.366 e. The number of para-hydroxylation sites is 1. The summed E-state index contributed by atoms with van der Waals surface area (Å²) in [6.45, 7) is 0.192. The van der Waals surface area contributed by atoms with Gasteiger partial charge in [0.25, 0.3) is 5.91 Å². The van der Waals surface area contributed by atoms with Crippen LogP contribution in [0.5, 0.6) is 0 Å². The predicted octanol–water partition coefficient (Wildman–Crippen LogP) is 5.60. The van der Waals surface area contributed by atoms with Crippen LogP contribution >= 0.6 is 34.8 Å². The van der Waals surface area contributed by atoms with Gasteiger partial charge in [-0.25, -0.2) is 4.79 Å². The molecule has 0 bridgehead atoms. The van der Waals surface area contributed by atoms with E-state index in [1.54, 1.807) is 53.4 Å². The van der Waals surface area contributed by atoms with Gasteiger partial charge in [0.15, 0.2) is 0 Å². The van der Waals surface area contributed by atoms with E-state index in [9.17, 15) is 9.59 Å². The Balaban J connectivity index is 1.56. The van der Waals surface area contributed by atoms with Crippen molar-refractivity contribution in [2.24, 2.45) is 0 Å². The number of carbonyl (C=O) groups excluding carboxylic acids is 2. The standard InChI is InChI=1S/C22H15Cl3N2O3/c23-14-10-8-13(9-11-14)22(29)30-26-20-15-4-1-2-7-19(15)27(21(20)28)12-16-17(24)5-3-6-18(16)25/h1-11,20,26H,12H2. The highest BCUT2D eigenvalue weighted by Gasteiger charge is 2.38. The third kappa shape index (κ3) is 4.02. The summed E-state index contributed by atoms with van der Waals surface area (Å²) in [5, 5.41) is 1.45. The van der Waals surface area contributed by atoms with E-state index < -0.39 is 12.0 Å². The van der Waals surface area contributed by atoms with Gasteiger partial charge < -0.3 is 9.74 Å². The van der Waals surface area contributed by atoms with Crippen molar-refractivity contribution in [2.45, 2.75) is 12.6 Å². The van der Waals surface area contributed by atoms with Crippen LogP contribution in [0.2, 0.25) is 15.1 Å². The Morgan fingerprint density at radius 1 is 0.933 bits per heavy atom. The molecular formula is C22H15Cl3N2O3. The van der Waals surface area contributed by atoms with E-state index in [0.717, 1.165) is 0 Å². The molecule has 3 aromatic rings. The number of carbonyl (C=O) groups is 2. The summed E-state index contributed by atoms with van der Waals surface area (Å²) in [7, 11) is 0. The van der Waals surface area contributed by atoms with Crippen LogP contribution in [0.15, 0.2) is 66.7 Å². The first-order chi connectivity index (χ1) is 14.5. The number of amides is 1. The van der Waals surface area contributed by atoms with Crippen LogP contribution in [0.25, 0.3) is 0 Å². The highest BCUT2D eigenvalue weighted by atomic mass is 35.5. The molecule has 1 heterocycles. The Labute approximate surface area is 188 Å². The first-order valence-electron chi connectivity index (χ1n) is 9.01. The van der Waals surface area contributed by atoms with Gasteiger partial charge in [-0.1, -0.05) is 59.1 Å². The second-order valence-electron chi connectivity index (χ2n) is 6.63. The summed E-state index contributed by atoms with van der Waals surface area (Å²) in [6.07, 6.45) is 0. The number of halogens is 3. The number of benzene rings is 3. The van der Waals surface area contributed by atoms with Gasteiger partial charge in [0.1, 0.15) is 6.04 Å². The number of rotatable bonds is 5. The maximum Gasteiger partial charge on any atom is 0.356 e. The molecule has 0 saturated heterocycles. The average Bonchev–Trinajstić information content (AvgIpc) is 3.00. The monoisotopic (exact) mass is 460 g/mol. The fourth-order valence-electron chi connectivity index (χ4n) is 3.26. The number of nitrogens with one attached hydrogen (secondary N) is 1. The van der Waals surface area contributed by atoms with Crippen LogP contribution < -0.4 is 10.4 Å². The molecule has 1 N–H and O–H groups in total. The summed E-state index contributed by atoms with van der Waals surface area (Å²) in [6, 6.07) is 17.9. The molecule has 0 fully saturated rings. The summed E-state index contributed by atoms with van der Waals surface area (Å²) in [5.74, 6) is -0.902. The fourth-order valence-corrected chi connectivity index (χ4v) is 3.90. The third-order valence-electron chi connectivity index (χ3n) is 4.78. The zero-order chi connectivity index (χ0) is 21.3. The lowest BCUT2D eigenvalue weighted by Crippen LogP contribution is -2.35. The Morgan fingerprint density at radius 2 is 1.60 bits per heavy atom. The van der Waals surface area contributed by atoms with Gasteiger partial charge in [0.05, 0.1) is 12.1 Å². The zero-order valence-electron chi connectivity index (χ0n) is 15.4. The SMILES string of the molecule is O=C(ONC1C(=O)N(Cc2c(Cl)cccc2Cl)c2ccccc21)c1ccc(Cl)cc1. The van der Waals surface area contributed by atoms with E-state index in [0.29, 0.717) is 37.4 Å². The lowest BCUT2D eigenvalue weighted by atomic mass is 10.1. The number of hydrogen-bond acceptors (Lipinski definition) is 4. The van der Waals surface area contributed by atoms with E-state index in [1.807, 2.05) is 18.2 Å². The molecule has 0 aromatic heterocycles. The number of nitrogens with zero attached hydrogens (tertiary/aromatic N) is 1. The molecule has 1 unspecified atom stereocenters. The van der Waals surface area contributed by atoms with Crippen molar-refractivity contribution in [2.75, 3.05) is 4.90 Å². The summed E-state index contributed by atoms with van der Waals surface area (Å²) < 4.78 is 0. The summed E-state index contributed by atoms with van der Waals surface area (Å²) >= 11 is 18.4. The summed E-state index contributed by atoms with van der Waals surface area (Å²) in [4.78, 5) is 32.2. The topological polar surface area (TPSA) is 58.6 Å². The molecule has 1 aliphatic rings. The molecular weight excluding hydrogens is 447 g/mol. The molecule has 0 radical (unpaired) electrons. The van der Waals surface area contributed by atoms with Gasteiger partial charge in [-0.15, -0.1) is 5.48 Å². The third-order valence-corrected chi connectivity index (χ3v) is 5.74. The van der Waals surface area contributed by atoms with E-state index in [2.05, 4.69) is 5.48 Å². The molecule has 1 aliphatic heterocycles. The van der Waals surface area contributed by atoms with Crippen LogP contribution in [-0.2, 0) is 16.2 Å². The van der Waals surface area contributed by atoms with Crippen molar-refractivity contribution >= 4 is 52.4 Å². The predicted molar refractivity (Wildman–Crippen MR) is 117 cm³/mol. The van der Waals surface area contributed by atoms with E-state index in [-0.39, 0.29) is 12.5 Å². The molecule has 1 amide bonds. The minimum absolute atomic E-state index is 0.192. The Morgan fingerprint density at radius 3 is 2.30 bits per heavy atom. The number of fused-ring (bicyclic) bond motifs is 1. The lowest BCUT2D eigenvalue weighted by Gasteiger charge is -2.19. The van der Waals surface area contributed by atoms with Crippen molar-refractivity contribution in [3.63, 3.8) is 0 Å². The molecule has 1 atom stereocenters. The van der Waals surface area contributed by atoms with Crippen LogP contribution in [-0.4, -0.2) is 11.9 Å². The van der Waals surface area contributed by atoms with E-state index in [1.165, 1.54) is 0 Å². The molecule has 0 saturated carbocycles. The maximum atomic E-state index is 13.2. The van der Waals surface area contributed by atoms with Crippen LogP contribution in [0.4, 0.5) is 5.69 Å². The smallest absolute Gasteiger partial charge is 0.356 e. The maximum absolute atomic E-state index is 13.2. The molecule has 3 aromatic carbocycles. The van der Waals surface area contributed by atoms with Crippen molar-refractivity contribution in [1.82, 2.24) is 5.48 Å². The normalized spacial score (nSPS) is 15.2. The Hall–Kier alpha value is -2.57. The molecule has 0 spiro atoms. The second kappa shape index (κ2) is 8.66. The number of hydroxylamine groups is 1. The molecule has 4 rings (SSSR count). The second-order valence-corrected chi connectivity index (χ2v) is 7.88. The van der Waals surface area contributed by atoms with Crippen molar-refractivity contribution in [1.29, 1.82) is 0 Å². The highest BCUT2D eigenvalue weighted by molar-refractivity contribution is 6.36. The van der Waals surface area contributed by atoms with Gasteiger partial charge in [0.2, 0.25) is 0 Å². The molecule has 30 heavy (non-hydrogen) atoms. The van der Waals surface area contributed by atoms with Gasteiger partial charge >= 0.3 is 5.97 Å².